The van der Waals surface area contributed by atoms with Crippen LogP contribution >= 0.6 is 0 Å². The van der Waals surface area contributed by atoms with E-state index >= 15 is 0 Å². The SMILES string of the molecule is CC(=O)N(CC(=O)Nc1ccccc1OC(C)C)c1ccccc1C(C)C. The second-order valence-electron chi connectivity index (χ2n) is 7.03. The number of nitrogens with one attached hydrogen (secondary N) is 1. The monoisotopic (exact) mass is 368 g/mol. The van der Waals surface area contributed by atoms with E-state index in [1.807, 2.05) is 56.3 Å². The summed E-state index contributed by atoms with van der Waals surface area (Å²) in [6.07, 6.45) is -0.00492. The fourth-order valence-corrected chi connectivity index (χ4v) is 2.85. The number of para-hydroxylation sites is 3. The number of amides is 2. The predicted octanol–water partition coefficient (Wildman–Crippen LogP) is 4.59. The maximum Gasteiger partial charge on any atom is 0.244 e. The molecule has 1 N–H and O–H groups in total. The summed E-state index contributed by atoms with van der Waals surface area (Å²) in [5.41, 5.74) is 2.39. The second kappa shape index (κ2) is 9.21. The third kappa shape index (κ3) is 5.58. The molecule has 2 rings (SSSR count). The van der Waals surface area contributed by atoms with Crippen LogP contribution in [0.15, 0.2) is 48.5 Å². The van der Waals surface area contributed by atoms with Crippen molar-refractivity contribution in [3.63, 3.8) is 0 Å². The molecule has 0 radical (unpaired) electrons. The van der Waals surface area contributed by atoms with E-state index in [4.69, 9.17) is 4.74 Å². The first kappa shape index (κ1) is 20.5. The van der Waals surface area contributed by atoms with Gasteiger partial charge in [0, 0.05) is 12.6 Å². The second-order valence-corrected chi connectivity index (χ2v) is 7.03. The van der Waals surface area contributed by atoms with Crippen molar-refractivity contribution in [2.45, 2.75) is 46.6 Å². The van der Waals surface area contributed by atoms with Gasteiger partial charge in [0.15, 0.2) is 0 Å². The van der Waals surface area contributed by atoms with Crippen molar-refractivity contribution in [3.05, 3.63) is 54.1 Å². The molecule has 0 aliphatic rings. The Balaban J connectivity index is 2.21. The minimum absolute atomic E-state index is 0.00492. The van der Waals surface area contributed by atoms with Gasteiger partial charge in [-0.1, -0.05) is 44.2 Å². The molecular formula is C22H28N2O3. The van der Waals surface area contributed by atoms with Crippen molar-refractivity contribution >= 4 is 23.2 Å². The van der Waals surface area contributed by atoms with Gasteiger partial charge in [-0.3, -0.25) is 9.59 Å². The summed E-state index contributed by atoms with van der Waals surface area (Å²) in [5, 5.41) is 2.86. The van der Waals surface area contributed by atoms with Gasteiger partial charge in [0.25, 0.3) is 0 Å². The van der Waals surface area contributed by atoms with Gasteiger partial charge in [-0.05, 0) is 43.5 Å². The van der Waals surface area contributed by atoms with Crippen LogP contribution in [0.2, 0.25) is 0 Å². The summed E-state index contributed by atoms with van der Waals surface area (Å²) in [6, 6.07) is 15.0. The van der Waals surface area contributed by atoms with Crippen molar-refractivity contribution in [2.75, 3.05) is 16.8 Å². The van der Waals surface area contributed by atoms with E-state index < -0.39 is 0 Å². The van der Waals surface area contributed by atoms with Gasteiger partial charge in [0.05, 0.1) is 11.8 Å². The normalized spacial score (nSPS) is 10.8. The molecule has 5 nitrogen and oxygen atoms in total. The van der Waals surface area contributed by atoms with Gasteiger partial charge >= 0.3 is 0 Å². The van der Waals surface area contributed by atoms with E-state index in [0.717, 1.165) is 11.3 Å². The molecule has 0 fully saturated rings. The topological polar surface area (TPSA) is 58.6 Å². The first-order valence-electron chi connectivity index (χ1n) is 9.22. The average molecular weight is 368 g/mol. The largest absolute Gasteiger partial charge is 0.489 e. The van der Waals surface area contributed by atoms with Crippen molar-refractivity contribution in [3.8, 4) is 5.75 Å². The summed E-state index contributed by atoms with van der Waals surface area (Å²) in [6.45, 7) is 9.40. The number of anilines is 2. The van der Waals surface area contributed by atoms with Gasteiger partial charge in [-0.15, -0.1) is 0 Å². The highest BCUT2D eigenvalue weighted by molar-refractivity contribution is 6.02. The number of nitrogens with zero attached hydrogens (tertiary/aromatic N) is 1. The molecule has 0 unspecified atom stereocenters. The molecule has 0 aromatic heterocycles. The van der Waals surface area contributed by atoms with Crippen LogP contribution in [-0.2, 0) is 9.59 Å². The number of carbonyl (C=O) groups excluding carboxylic acids is 2. The summed E-state index contributed by atoms with van der Waals surface area (Å²) >= 11 is 0. The smallest absolute Gasteiger partial charge is 0.244 e. The van der Waals surface area contributed by atoms with E-state index in [-0.39, 0.29) is 30.4 Å². The van der Waals surface area contributed by atoms with E-state index in [9.17, 15) is 9.59 Å². The van der Waals surface area contributed by atoms with E-state index in [1.165, 1.54) is 11.8 Å². The summed E-state index contributed by atoms with van der Waals surface area (Å²) in [5.74, 6) is 0.401. The van der Waals surface area contributed by atoms with Crippen LogP contribution in [0.3, 0.4) is 0 Å². The number of hydrogen-bond acceptors (Lipinski definition) is 3. The van der Waals surface area contributed by atoms with Crippen LogP contribution in [0.25, 0.3) is 0 Å². The van der Waals surface area contributed by atoms with Gasteiger partial charge in [-0.25, -0.2) is 0 Å². The molecule has 0 aliphatic carbocycles. The lowest BCUT2D eigenvalue weighted by molar-refractivity contribution is -0.120. The van der Waals surface area contributed by atoms with Crippen LogP contribution in [0.5, 0.6) is 5.75 Å². The third-order valence-corrected chi connectivity index (χ3v) is 4.06. The van der Waals surface area contributed by atoms with E-state index in [2.05, 4.69) is 19.2 Å². The summed E-state index contributed by atoms with van der Waals surface area (Å²) in [4.78, 5) is 26.4. The highest BCUT2D eigenvalue weighted by Crippen LogP contribution is 2.28. The standard InChI is InChI=1S/C22H28N2O3/c1-15(2)18-10-6-8-12-20(18)24(17(5)25)14-22(26)23-19-11-7-9-13-21(19)27-16(3)4/h6-13,15-16H,14H2,1-5H3,(H,23,26). The quantitative estimate of drug-likeness (QED) is 0.778. The zero-order valence-electron chi connectivity index (χ0n) is 16.7. The molecule has 0 atom stereocenters. The Morgan fingerprint density at radius 2 is 1.63 bits per heavy atom. The zero-order valence-corrected chi connectivity index (χ0v) is 16.7. The van der Waals surface area contributed by atoms with Gasteiger partial charge in [-0.2, -0.15) is 0 Å². The van der Waals surface area contributed by atoms with E-state index in [1.54, 1.807) is 6.07 Å². The highest BCUT2D eigenvalue weighted by atomic mass is 16.5. The average Bonchev–Trinajstić information content (AvgIpc) is 2.60. The molecule has 0 aliphatic heterocycles. The molecule has 0 saturated heterocycles. The lowest BCUT2D eigenvalue weighted by Crippen LogP contribution is -2.37. The van der Waals surface area contributed by atoms with Gasteiger partial charge in [0.2, 0.25) is 11.8 Å². The molecule has 2 aromatic rings. The minimum Gasteiger partial charge on any atom is -0.489 e. The Bertz CT molecular complexity index is 800. The molecule has 0 bridgehead atoms. The van der Waals surface area contributed by atoms with Crippen molar-refractivity contribution in [2.24, 2.45) is 0 Å². The molecular weight excluding hydrogens is 340 g/mol. The minimum atomic E-state index is -0.274. The Morgan fingerprint density at radius 1 is 1.00 bits per heavy atom. The Labute approximate surface area is 161 Å². The first-order chi connectivity index (χ1) is 12.8. The summed E-state index contributed by atoms with van der Waals surface area (Å²) in [7, 11) is 0. The molecule has 0 spiro atoms. The highest BCUT2D eigenvalue weighted by Gasteiger charge is 2.20. The Hall–Kier alpha value is -2.82. The predicted molar refractivity (Wildman–Crippen MR) is 109 cm³/mol. The van der Waals surface area contributed by atoms with Crippen LogP contribution in [0.1, 0.15) is 46.1 Å². The molecule has 2 amide bonds. The van der Waals surface area contributed by atoms with Crippen LogP contribution in [0, 0.1) is 0 Å². The number of rotatable bonds is 7. The molecule has 5 heteroatoms. The maximum atomic E-state index is 12.7. The third-order valence-electron chi connectivity index (χ3n) is 4.06. The molecule has 27 heavy (non-hydrogen) atoms. The van der Waals surface area contributed by atoms with Crippen LogP contribution in [-0.4, -0.2) is 24.5 Å². The maximum absolute atomic E-state index is 12.7. The lowest BCUT2D eigenvalue weighted by atomic mass is 10.0. The number of hydrogen-bond donors (Lipinski definition) is 1. The van der Waals surface area contributed by atoms with Crippen molar-refractivity contribution in [1.82, 2.24) is 0 Å². The zero-order chi connectivity index (χ0) is 20.0. The molecule has 144 valence electrons. The van der Waals surface area contributed by atoms with Crippen molar-refractivity contribution < 1.29 is 14.3 Å². The Kier molecular flexibility index (Phi) is 6.99. The number of benzene rings is 2. The molecule has 2 aromatic carbocycles. The lowest BCUT2D eigenvalue weighted by Gasteiger charge is -2.25. The van der Waals surface area contributed by atoms with E-state index in [0.29, 0.717) is 11.4 Å². The molecule has 0 heterocycles. The first-order valence-corrected chi connectivity index (χ1v) is 9.22. The number of carbonyl (C=O) groups is 2. The van der Waals surface area contributed by atoms with Gasteiger partial charge in [0.1, 0.15) is 12.3 Å². The number of ether oxygens (including phenoxy) is 1. The Morgan fingerprint density at radius 3 is 2.26 bits per heavy atom. The van der Waals surface area contributed by atoms with Crippen molar-refractivity contribution in [1.29, 1.82) is 0 Å². The molecule has 0 saturated carbocycles. The van der Waals surface area contributed by atoms with Gasteiger partial charge < -0.3 is 15.0 Å². The summed E-state index contributed by atoms with van der Waals surface area (Å²) < 4.78 is 5.74. The fraction of sp³-hybridized carbons (Fsp3) is 0.364. The van der Waals surface area contributed by atoms with Crippen LogP contribution in [0.4, 0.5) is 11.4 Å². The van der Waals surface area contributed by atoms with Crippen LogP contribution < -0.4 is 15.0 Å². The fourth-order valence-electron chi connectivity index (χ4n) is 2.85.